The summed E-state index contributed by atoms with van der Waals surface area (Å²) >= 11 is 0. The van der Waals surface area contributed by atoms with Crippen LogP contribution in [-0.4, -0.2) is 50.5 Å². The van der Waals surface area contributed by atoms with E-state index in [0.29, 0.717) is 24.3 Å². The number of carbonyl (C=O) groups excluding carboxylic acids is 2. The van der Waals surface area contributed by atoms with Gasteiger partial charge in [0, 0.05) is 39.1 Å². The SMILES string of the molecule is CN(C)C(=O)c1nn(C)c2c1CN(C(=O)c1cc[nH]c1)C2. The monoisotopic (exact) mass is 287 g/mol. The smallest absolute Gasteiger partial charge is 0.274 e. The number of carbonyl (C=O) groups is 2. The summed E-state index contributed by atoms with van der Waals surface area (Å²) in [7, 11) is 5.19. The van der Waals surface area contributed by atoms with Crippen molar-refractivity contribution in [2.45, 2.75) is 13.1 Å². The molecule has 0 fully saturated rings. The molecule has 0 atom stereocenters. The van der Waals surface area contributed by atoms with E-state index in [9.17, 15) is 9.59 Å². The van der Waals surface area contributed by atoms with Crippen LogP contribution in [0.1, 0.15) is 32.1 Å². The van der Waals surface area contributed by atoms with Gasteiger partial charge in [-0.25, -0.2) is 0 Å². The van der Waals surface area contributed by atoms with Crippen LogP contribution in [0.15, 0.2) is 18.5 Å². The molecule has 0 aliphatic carbocycles. The van der Waals surface area contributed by atoms with Gasteiger partial charge >= 0.3 is 0 Å². The molecule has 2 amide bonds. The third-order valence-electron chi connectivity index (χ3n) is 3.71. The third-order valence-corrected chi connectivity index (χ3v) is 3.71. The molecule has 0 bridgehead atoms. The second-order valence-electron chi connectivity index (χ2n) is 5.36. The molecule has 1 aliphatic rings. The highest BCUT2D eigenvalue weighted by molar-refractivity contribution is 5.96. The minimum atomic E-state index is -0.136. The molecule has 3 heterocycles. The van der Waals surface area contributed by atoms with E-state index in [0.717, 1.165) is 11.3 Å². The Morgan fingerprint density at radius 3 is 2.71 bits per heavy atom. The number of aromatic nitrogens is 3. The highest BCUT2D eigenvalue weighted by Crippen LogP contribution is 2.27. The van der Waals surface area contributed by atoms with Gasteiger partial charge in [0.15, 0.2) is 5.69 Å². The number of fused-ring (bicyclic) bond motifs is 1. The first-order chi connectivity index (χ1) is 9.99. The van der Waals surface area contributed by atoms with Gasteiger partial charge < -0.3 is 14.8 Å². The van der Waals surface area contributed by atoms with Gasteiger partial charge in [0.2, 0.25) is 0 Å². The molecule has 7 nitrogen and oxygen atoms in total. The van der Waals surface area contributed by atoms with E-state index in [4.69, 9.17) is 0 Å². The number of amides is 2. The van der Waals surface area contributed by atoms with Crippen molar-refractivity contribution < 1.29 is 9.59 Å². The number of aryl methyl sites for hydroxylation is 1. The quantitative estimate of drug-likeness (QED) is 0.879. The summed E-state index contributed by atoms with van der Waals surface area (Å²) < 4.78 is 1.69. The summed E-state index contributed by atoms with van der Waals surface area (Å²) in [4.78, 5) is 30.6. The lowest BCUT2D eigenvalue weighted by Crippen LogP contribution is -2.27. The van der Waals surface area contributed by atoms with Crippen LogP contribution < -0.4 is 0 Å². The van der Waals surface area contributed by atoms with E-state index >= 15 is 0 Å². The van der Waals surface area contributed by atoms with Crippen LogP contribution in [0.25, 0.3) is 0 Å². The van der Waals surface area contributed by atoms with Gasteiger partial charge in [-0.2, -0.15) is 5.10 Å². The average molecular weight is 287 g/mol. The first kappa shape index (κ1) is 13.4. The highest BCUT2D eigenvalue weighted by Gasteiger charge is 2.32. The maximum Gasteiger partial charge on any atom is 0.274 e. The molecule has 1 N–H and O–H groups in total. The van der Waals surface area contributed by atoms with Crippen molar-refractivity contribution in [2.24, 2.45) is 7.05 Å². The predicted octanol–water partition coefficient (Wildman–Crippen LogP) is 0.606. The fourth-order valence-corrected chi connectivity index (χ4v) is 2.56. The van der Waals surface area contributed by atoms with E-state index in [1.165, 1.54) is 4.90 Å². The summed E-state index contributed by atoms with van der Waals surface area (Å²) in [5.74, 6) is -0.182. The van der Waals surface area contributed by atoms with Crippen molar-refractivity contribution in [1.82, 2.24) is 24.6 Å². The minimum Gasteiger partial charge on any atom is -0.367 e. The van der Waals surface area contributed by atoms with Crippen LogP contribution >= 0.6 is 0 Å². The molecule has 0 spiro atoms. The first-order valence-corrected chi connectivity index (χ1v) is 6.67. The van der Waals surface area contributed by atoms with Crippen LogP contribution in [0.5, 0.6) is 0 Å². The van der Waals surface area contributed by atoms with Gasteiger partial charge in [-0.3, -0.25) is 14.3 Å². The van der Waals surface area contributed by atoms with Crippen molar-refractivity contribution in [2.75, 3.05) is 14.1 Å². The van der Waals surface area contributed by atoms with Gasteiger partial charge in [-0.05, 0) is 6.07 Å². The summed E-state index contributed by atoms with van der Waals surface area (Å²) in [6, 6.07) is 1.75. The maximum atomic E-state index is 12.4. The summed E-state index contributed by atoms with van der Waals surface area (Å²) in [5.41, 5.74) is 2.82. The Labute approximate surface area is 122 Å². The Balaban J connectivity index is 1.89. The Morgan fingerprint density at radius 1 is 1.33 bits per heavy atom. The second-order valence-corrected chi connectivity index (χ2v) is 5.36. The zero-order valence-corrected chi connectivity index (χ0v) is 12.3. The van der Waals surface area contributed by atoms with Crippen molar-refractivity contribution in [1.29, 1.82) is 0 Å². The van der Waals surface area contributed by atoms with Crippen LogP contribution in [-0.2, 0) is 20.1 Å². The number of hydrogen-bond acceptors (Lipinski definition) is 3. The van der Waals surface area contributed by atoms with Crippen LogP contribution in [0.3, 0.4) is 0 Å². The van der Waals surface area contributed by atoms with E-state index < -0.39 is 0 Å². The largest absolute Gasteiger partial charge is 0.367 e. The Morgan fingerprint density at radius 2 is 2.10 bits per heavy atom. The Bertz CT molecular complexity index is 699. The predicted molar refractivity (Wildman–Crippen MR) is 75.6 cm³/mol. The molecule has 0 unspecified atom stereocenters. The van der Waals surface area contributed by atoms with Crippen LogP contribution in [0.4, 0.5) is 0 Å². The lowest BCUT2D eigenvalue weighted by Gasteiger charge is -2.15. The van der Waals surface area contributed by atoms with Gasteiger partial charge in [0.1, 0.15) is 0 Å². The van der Waals surface area contributed by atoms with E-state index in [1.807, 2.05) is 0 Å². The molecule has 2 aromatic heterocycles. The maximum absolute atomic E-state index is 12.4. The minimum absolute atomic E-state index is 0.0456. The Hall–Kier alpha value is -2.57. The third kappa shape index (κ3) is 2.10. The average Bonchev–Trinajstić information content (AvgIpc) is 3.14. The number of hydrogen-bond donors (Lipinski definition) is 1. The molecule has 0 saturated heterocycles. The fourth-order valence-electron chi connectivity index (χ4n) is 2.56. The molecule has 0 aromatic carbocycles. The molecule has 21 heavy (non-hydrogen) atoms. The lowest BCUT2D eigenvalue weighted by molar-refractivity contribution is 0.0741. The zero-order chi connectivity index (χ0) is 15.1. The van der Waals surface area contributed by atoms with Crippen molar-refractivity contribution in [3.05, 3.63) is 41.0 Å². The van der Waals surface area contributed by atoms with Gasteiger partial charge in [0.05, 0.1) is 24.3 Å². The van der Waals surface area contributed by atoms with Crippen molar-refractivity contribution in [3.8, 4) is 0 Å². The normalized spacial score (nSPS) is 13.4. The van der Waals surface area contributed by atoms with E-state index in [1.54, 1.807) is 49.2 Å². The molecule has 1 aliphatic heterocycles. The topological polar surface area (TPSA) is 74.2 Å². The standard InChI is InChI=1S/C14H17N5O2/c1-17(2)14(21)12-10-7-19(8-11(10)18(3)16-12)13(20)9-4-5-15-6-9/h4-6,15H,7-8H2,1-3H3. The summed E-state index contributed by atoms with van der Waals surface area (Å²) in [6.45, 7) is 0.894. The van der Waals surface area contributed by atoms with Gasteiger partial charge in [-0.1, -0.05) is 0 Å². The Kier molecular flexibility index (Phi) is 3.04. The lowest BCUT2D eigenvalue weighted by atomic mass is 10.2. The summed E-state index contributed by atoms with van der Waals surface area (Å²) in [5, 5.41) is 4.29. The van der Waals surface area contributed by atoms with E-state index in [-0.39, 0.29) is 11.8 Å². The molecule has 0 saturated carbocycles. The van der Waals surface area contributed by atoms with Gasteiger partial charge in [-0.15, -0.1) is 0 Å². The highest BCUT2D eigenvalue weighted by atomic mass is 16.2. The van der Waals surface area contributed by atoms with Crippen molar-refractivity contribution >= 4 is 11.8 Å². The molecule has 3 rings (SSSR count). The molecular weight excluding hydrogens is 270 g/mol. The van der Waals surface area contributed by atoms with Crippen molar-refractivity contribution in [3.63, 3.8) is 0 Å². The molecule has 2 aromatic rings. The number of nitrogens with zero attached hydrogens (tertiary/aromatic N) is 4. The fraction of sp³-hybridized carbons (Fsp3) is 0.357. The molecular formula is C14H17N5O2. The molecule has 0 radical (unpaired) electrons. The summed E-state index contributed by atoms with van der Waals surface area (Å²) in [6.07, 6.45) is 3.40. The van der Waals surface area contributed by atoms with E-state index in [2.05, 4.69) is 10.1 Å². The number of rotatable bonds is 2. The number of H-pyrrole nitrogens is 1. The number of aromatic amines is 1. The molecule has 7 heteroatoms. The second kappa shape index (κ2) is 4.76. The zero-order valence-electron chi connectivity index (χ0n) is 12.3. The van der Waals surface area contributed by atoms with Crippen LogP contribution in [0.2, 0.25) is 0 Å². The number of nitrogens with one attached hydrogen (secondary N) is 1. The first-order valence-electron chi connectivity index (χ1n) is 6.67. The van der Waals surface area contributed by atoms with Gasteiger partial charge in [0.25, 0.3) is 11.8 Å². The molecule has 110 valence electrons. The van der Waals surface area contributed by atoms with Crippen LogP contribution in [0, 0.1) is 0 Å².